The Morgan fingerprint density at radius 1 is 0.824 bits per heavy atom. The first-order chi connectivity index (χ1) is 8.34. The van der Waals surface area contributed by atoms with Gasteiger partial charge in [-0.15, -0.1) is 0 Å². The maximum absolute atomic E-state index is 4.33. The summed E-state index contributed by atoms with van der Waals surface area (Å²) in [5.41, 5.74) is 5.59. The average Bonchev–Trinajstić information content (AvgIpc) is 2.39. The Kier molecular flexibility index (Phi) is 2.33. The molecule has 0 fully saturated rings. The van der Waals surface area contributed by atoms with Crippen LogP contribution in [0.25, 0.3) is 22.2 Å². The first-order valence-electron chi connectivity index (χ1n) is 5.61. The van der Waals surface area contributed by atoms with Crippen LogP contribution in [-0.2, 0) is 0 Å². The Morgan fingerprint density at radius 2 is 1.59 bits per heavy atom. The van der Waals surface area contributed by atoms with Crippen molar-refractivity contribution in [3.8, 4) is 11.1 Å². The third-order valence-electron chi connectivity index (χ3n) is 2.93. The Balaban J connectivity index is 2.22. The van der Waals surface area contributed by atoms with Crippen molar-refractivity contribution in [3.63, 3.8) is 0 Å². The van der Waals surface area contributed by atoms with Gasteiger partial charge in [-0.05, 0) is 35.7 Å². The van der Waals surface area contributed by atoms with E-state index >= 15 is 0 Å². The molecule has 0 spiro atoms. The average molecular weight is 220 g/mol. The van der Waals surface area contributed by atoms with Crippen molar-refractivity contribution in [2.24, 2.45) is 0 Å². The van der Waals surface area contributed by atoms with Gasteiger partial charge in [0.15, 0.2) is 0 Å². The van der Waals surface area contributed by atoms with Crippen LogP contribution in [0.2, 0.25) is 0 Å². The first-order valence-corrected chi connectivity index (χ1v) is 5.61. The Hall–Kier alpha value is -2.22. The minimum Gasteiger partial charge on any atom is -0.253 e. The molecule has 0 saturated heterocycles. The van der Waals surface area contributed by atoms with E-state index in [1.807, 2.05) is 6.07 Å². The van der Waals surface area contributed by atoms with Gasteiger partial charge in [0.25, 0.3) is 0 Å². The topological polar surface area (TPSA) is 25.8 Å². The first kappa shape index (κ1) is 9.97. The number of hydrogen-bond acceptors (Lipinski definition) is 2. The summed E-state index contributed by atoms with van der Waals surface area (Å²) in [6.45, 7) is 2.12. The van der Waals surface area contributed by atoms with Gasteiger partial charge in [-0.25, -0.2) is 0 Å². The zero-order chi connectivity index (χ0) is 11.7. The Morgan fingerprint density at radius 3 is 2.41 bits per heavy atom. The fraction of sp³-hybridized carbons (Fsp3) is 0.0667. The van der Waals surface area contributed by atoms with Crippen molar-refractivity contribution in [2.75, 3.05) is 0 Å². The normalized spacial score (nSPS) is 10.6. The maximum atomic E-state index is 4.33. The zero-order valence-electron chi connectivity index (χ0n) is 9.59. The maximum Gasteiger partial charge on any atom is 0.0892 e. The summed E-state index contributed by atoms with van der Waals surface area (Å²) in [7, 11) is 0. The SMILES string of the molecule is Cc1ccccc1-c1ccc2nccnc2c1. The standard InChI is InChI=1S/C15H12N2/c1-11-4-2-3-5-13(11)12-6-7-14-15(10-12)17-9-8-16-14/h2-10H,1H3. The highest BCUT2D eigenvalue weighted by Crippen LogP contribution is 2.25. The van der Waals surface area contributed by atoms with Crippen LogP contribution in [0.1, 0.15) is 5.56 Å². The van der Waals surface area contributed by atoms with Crippen molar-refractivity contribution in [2.45, 2.75) is 6.92 Å². The smallest absolute Gasteiger partial charge is 0.0892 e. The summed E-state index contributed by atoms with van der Waals surface area (Å²) >= 11 is 0. The molecule has 0 amide bonds. The second-order valence-electron chi connectivity index (χ2n) is 4.07. The minimum atomic E-state index is 0.935. The van der Waals surface area contributed by atoms with Gasteiger partial charge in [-0.2, -0.15) is 0 Å². The highest BCUT2D eigenvalue weighted by Gasteiger charge is 2.02. The van der Waals surface area contributed by atoms with Gasteiger partial charge in [-0.1, -0.05) is 30.3 Å². The van der Waals surface area contributed by atoms with Crippen LogP contribution in [0.3, 0.4) is 0 Å². The number of aromatic nitrogens is 2. The van der Waals surface area contributed by atoms with Crippen LogP contribution in [-0.4, -0.2) is 9.97 Å². The summed E-state index contributed by atoms with van der Waals surface area (Å²) < 4.78 is 0. The highest BCUT2D eigenvalue weighted by atomic mass is 14.8. The van der Waals surface area contributed by atoms with E-state index < -0.39 is 0 Å². The summed E-state index contributed by atoms with van der Waals surface area (Å²) in [4.78, 5) is 8.61. The lowest BCUT2D eigenvalue weighted by molar-refractivity contribution is 1.29. The molecule has 0 atom stereocenters. The zero-order valence-corrected chi connectivity index (χ0v) is 9.59. The molecule has 17 heavy (non-hydrogen) atoms. The van der Waals surface area contributed by atoms with Crippen molar-refractivity contribution in [1.82, 2.24) is 9.97 Å². The minimum absolute atomic E-state index is 0.935. The van der Waals surface area contributed by atoms with Crippen LogP contribution >= 0.6 is 0 Å². The molecule has 82 valence electrons. The summed E-state index contributed by atoms with van der Waals surface area (Å²) in [5.74, 6) is 0. The lowest BCUT2D eigenvalue weighted by Crippen LogP contribution is -1.86. The van der Waals surface area contributed by atoms with Crippen LogP contribution in [0.15, 0.2) is 54.9 Å². The third-order valence-corrected chi connectivity index (χ3v) is 2.93. The molecule has 0 N–H and O–H groups in total. The quantitative estimate of drug-likeness (QED) is 0.626. The number of aryl methyl sites for hydroxylation is 1. The molecular formula is C15H12N2. The number of nitrogens with zero attached hydrogens (tertiary/aromatic N) is 2. The van der Waals surface area contributed by atoms with E-state index in [1.54, 1.807) is 12.4 Å². The number of hydrogen-bond donors (Lipinski definition) is 0. The molecule has 0 saturated carbocycles. The molecule has 0 aliphatic carbocycles. The van der Waals surface area contributed by atoms with Crippen molar-refractivity contribution in [3.05, 3.63) is 60.4 Å². The van der Waals surface area contributed by atoms with Gasteiger partial charge in [0.2, 0.25) is 0 Å². The largest absolute Gasteiger partial charge is 0.253 e. The van der Waals surface area contributed by atoms with Gasteiger partial charge in [0, 0.05) is 12.4 Å². The Labute approximate surface area is 100.0 Å². The molecule has 1 heterocycles. The lowest BCUT2D eigenvalue weighted by atomic mass is 10.0. The summed E-state index contributed by atoms with van der Waals surface area (Å²) in [6.07, 6.45) is 3.44. The van der Waals surface area contributed by atoms with Crippen LogP contribution in [0, 0.1) is 6.92 Å². The monoisotopic (exact) mass is 220 g/mol. The summed E-state index contributed by atoms with van der Waals surface area (Å²) in [6, 6.07) is 14.6. The van der Waals surface area contributed by atoms with Gasteiger partial charge in [-0.3, -0.25) is 9.97 Å². The second kappa shape index (κ2) is 3.98. The number of fused-ring (bicyclic) bond motifs is 1. The third kappa shape index (κ3) is 1.78. The van der Waals surface area contributed by atoms with Crippen molar-refractivity contribution >= 4 is 11.0 Å². The molecule has 3 aromatic rings. The van der Waals surface area contributed by atoms with E-state index in [-0.39, 0.29) is 0 Å². The molecule has 2 heteroatoms. The number of benzene rings is 2. The molecule has 0 aliphatic rings. The highest BCUT2D eigenvalue weighted by molar-refractivity contribution is 5.81. The van der Waals surface area contributed by atoms with Crippen molar-refractivity contribution in [1.29, 1.82) is 0 Å². The molecule has 2 nitrogen and oxygen atoms in total. The molecular weight excluding hydrogens is 208 g/mol. The van der Waals surface area contributed by atoms with E-state index in [9.17, 15) is 0 Å². The lowest BCUT2D eigenvalue weighted by Gasteiger charge is -2.06. The molecule has 1 aromatic heterocycles. The molecule has 0 radical (unpaired) electrons. The predicted molar refractivity (Wildman–Crippen MR) is 69.7 cm³/mol. The van der Waals surface area contributed by atoms with Crippen molar-refractivity contribution < 1.29 is 0 Å². The van der Waals surface area contributed by atoms with Crippen LogP contribution in [0.5, 0.6) is 0 Å². The summed E-state index contributed by atoms with van der Waals surface area (Å²) in [5, 5.41) is 0. The fourth-order valence-corrected chi connectivity index (χ4v) is 2.03. The Bertz CT molecular complexity index is 674. The molecule has 0 bridgehead atoms. The van der Waals surface area contributed by atoms with Gasteiger partial charge in [0.1, 0.15) is 0 Å². The van der Waals surface area contributed by atoms with E-state index in [4.69, 9.17) is 0 Å². The molecule has 0 unspecified atom stereocenters. The van der Waals surface area contributed by atoms with Gasteiger partial charge >= 0.3 is 0 Å². The predicted octanol–water partition coefficient (Wildman–Crippen LogP) is 3.61. The fourth-order valence-electron chi connectivity index (χ4n) is 2.03. The molecule has 3 rings (SSSR count). The van der Waals surface area contributed by atoms with Crippen LogP contribution in [0.4, 0.5) is 0 Å². The van der Waals surface area contributed by atoms with Gasteiger partial charge in [0.05, 0.1) is 11.0 Å². The molecule has 2 aromatic carbocycles. The van der Waals surface area contributed by atoms with E-state index in [0.717, 1.165) is 11.0 Å². The molecule has 0 aliphatic heterocycles. The number of rotatable bonds is 1. The van der Waals surface area contributed by atoms with Crippen LogP contribution < -0.4 is 0 Å². The second-order valence-corrected chi connectivity index (χ2v) is 4.07. The van der Waals surface area contributed by atoms with Gasteiger partial charge < -0.3 is 0 Å². The van der Waals surface area contributed by atoms with E-state index in [2.05, 4.69) is 53.3 Å². The van der Waals surface area contributed by atoms with E-state index in [1.165, 1.54) is 16.7 Å². The van der Waals surface area contributed by atoms with E-state index in [0.29, 0.717) is 0 Å².